The molecular weight excluding hydrogens is 424 g/mol. The van der Waals surface area contributed by atoms with Gasteiger partial charge in [0.2, 0.25) is 11.2 Å². The van der Waals surface area contributed by atoms with Crippen molar-refractivity contribution in [3.8, 4) is 5.75 Å². The minimum absolute atomic E-state index is 0.0692. The molecular formula is C20H20N4O6S. The third kappa shape index (κ3) is 6.19. The molecule has 1 aromatic carbocycles. The Hall–Kier alpha value is -3.60. The van der Waals surface area contributed by atoms with Gasteiger partial charge in [0.25, 0.3) is 5.91 Å². The minimum Gasteiger partial charge on any atom is -0.477 e. The second-order valence-corrected chi connectivity index (χ2v) is 7.17. The number of nitrogens with zero attached hydrogens (tertiary/aromatic N) is 3. The van der Waals surface area contributed by atoms with Crippen LogP contribution >= 0.6 is 11.8 Å². The Morgan fingerprint density at radius 1 is 1.26 bits per heavy atom. The molecule has 2 aromatic heterocycles. The molecule has 3 aromatic rings. The van der Waals surface area contributed by atoms with Crippen molar-refractivity contribution in [3.05, 3.63) is 64.5 Å². The number of carbonyl (C=O) groups is 2. The predicted octanol–water partition coefficient (Wildman–Crippen LogP) is 2.25. The highest BCUT2D eigenvalue weighted by Crippen LogP contribution is 2.20. The average molecular weight is 444 g/mol. The van der Waals surface area contributed by atoms with E-state index in [4.69, 9.17) is 13.9 Å². The Morgan fingerprint density at radius 3 is 2.68 bits per heavy atom. The van der Waals surface area contributed by atoms with E-state index in [1.54, 1.807) is 42.1 Å². The van der Waals surface area contributed by atoms with Crippen molar-refractivity contribution < 1.29 is 23.5 Å². The number of thioether (sulfide) groups is 1. The smallest absolute Gasteiger partial charge is 0.338 e. The van der Waals surface area contributed by atoms with Crippen LogP contribution in [0, 0.1) is 0 Å². The fourth-order valence-electron chi connectivity index (χ4n) is 2.40. The van der Waals surface area contributed by atoms with E-state index in [0.29, 0.717) is 27.9 Å². The van der Waals surface area contributed by atoms with Gasteiger partial charge in [0.15, 0.2) is 11.8 Å². The zero-order valence-electron chi connectivity index (χ0n) is 16.9. The number of hydrogen-bond donors (Lipinski definition) is 1. The van der Waals surface area contributed by atoms with Gasteiger partial charge in [-0.15, -0.1) is 10.2 Å². The molecule has 2 heterocycles. The van der Waals surface area contributed by atoms with Crippen molar-refractivity contribution in [2.75, 3.05) is 18.5 Å². The number of nitrogens with one attached hydrogen (secondary N) is 1. The molecule has 0 atom stereocenters. The lowest BCUT2D eigenvalue weighted by molar-refractivity contribution is -0.118. The molecule has 162 valence electrons. The monoisotopic (exact) mass is 444 g/mol. The van der Waals surface area contributed by atoms with Crippen LogP contribution in [0.4, 0.5) is 5.69 Å². The molecule has 0 aliphatic carbocycles. The van der Waals surface area contributed by atoms with Gasteiger partial charge >= 0.3 is 5.97 Å². The molecule has 0 aliphatic heterocycles. The largest absolute Gasteiger partial charge is 0.477 e. The number of rotatable bonds is 9. The van der Waals surface area contributed by atoms with Gasteiger partial charge in [-0.05, 0) is 31.2 Å². The highest BCUT2D eigenvalue weighted by atomic mass is 32.2. The number of aromatic nitrogens is 3. The van der Waals surface area contributed by atoms with Crippen LogP contribution in [-0.4, -0.2) is 39.9 Å². The van der Waals surface area contributed by atoms with Crippen LogP contribution in [0.1, 0.15) is 23.0 Å². The normalized spacial score (nSPS) is 10.5. The third-order valence-corrected chi connectivity index (χ3v) is 4.96. The Morgan fingerprint density at radius 2 is 2.03 bits per heavy atom. The first-order chi connectivity index (χ1) is 15.0. The lowest BCUT2D eigenvalue weighted by Gasteiger charge is -2.08. The first-order valence-corrected chi connectivity index (χ1v) is 10.2. The molecule has 10 nitrogen and oxygen atoms in total. The molecule has 0 saturated carbocycles. The van der Waals surface area contributed by atoms with Gasteiger partial charge in [-0.1, -0.05) is 11.8 Å². The summed E-state index contributed by atoms with van der Waals surface area (Å²) in [5.74, 6) is -0.139. The number of esters is 1. The maximum absolute atomic E-state index is 12.2. The fourth-order valence-corrected chi connectivity index (χ4v) is 3.18. The van der Waals surface area contributed by atoms with E-state index in [0.717, 1.165) is 0 Å². The molecule has 0 bridgehead atoms. The van der Waals surface area contributed by atoms with Crippen molar-refractivity contribution in [3.63, 3.8) is 0 Å². The van der Waals surface area contributed by atoms with Gasteiger partial charge in [0.1, 0.15) is 18.4 Å². The zero-order chi connectivity index (χ0) is 22.2. The first-order valence-electron chi connectivity index (χ1n) is 9.24. The number of aryl methyl sites for hydroxylation is 1. The van der Waals surface area contributed by atoms with Gasteiger partial charge in [0, 0.05) is 18.8 Å². The van der Waals surface area contributed by atoms with E-state index in [1.807, 2.05) is 7.05 Å². The Labute approximate surface area is 181 Å². The molecule has 1 amide bonds. The molecule has 0 fully saturated rings. The van der Waals surface area contributed by atoms with Gasteiger partial charge in [-0.25, -0.2) is 4.79 Å². The van der Waals surface area contributed by atoms with Crippen LogP contribution in [0.25, 0.3) is 0 Å². The molecule has 0 aliphatic rings. The zero-order valence-corrected chi connectivity index (χ0v) is 17.7. The number of hydrogen-bond acceptors (Lipinski definition) is 9. The van der Waals surface area contributed by atoms with Gasteiger partial charge < -0.3 is 23.8 Å². The molecule has 0 radical (unpaired) electrons. The van der Waals surface area contributed by atoms with Crippen LogP contribution in [-0.2, 0) is 22.3 Å². The summed E-state index contributed by atoms with van der Waals surface area (Å²) >= 11 is 1.37. The van der Waals surface area contributed by atoms with E-state index in [9.17, 15) is 14.4 Å². The average Bonchev–Trinajstić information content (AvgIpc) is 3.17. The highest BCUT2D eigenvalue weighted by Gasteiger charge is 2.11. The summed E-state index contributed by atoms with van der Waals surface area (Å²) in [6.07, 6.45) is 2.76. The van der Waals surface area contributed by atoms with Crippen molar-refractivity contribution in [2.24, 2.45) is 7.05 Å². The van der Waals surface area contributed by atoms with E-state index in [-0.39, 0.29) is 19.0 Å². The molecule has 0 spiro atoms. The van der Waals surface area contributed by atoms with E-state index >= 15 is 0 Å². The van der Waals surface area contributed by atoms with E-state index in [2.05, 4.69) is 15.5 Å². The maximum Gasteiger partial charge on any atom is 0.338 e. The number of amides is 1. The highest BCUT2D eigenvalue weighted by molar-refractivity contribution is 7.98. The minimum atomic E-state index is -0.467. The van der Waals surface area contributed by atoms with Crippen molar-refractivity contribution in [1.29, 1.82) is 0 Å². The molecule has 31 heavy (non-hydrogen) atoms. The third-order valence-electron chi connectivity index (χ3n) is 3.90. The number of ether oxygens (including phenoxy) is 2. The predicted molar refractivity (Wildman–Crippen MR) is 112 cm³/mol. The Balaban J connectivity index is 1.50. The summed E-state index contributed by atoms with van der Waals surface area (Å²) < 4.78 is 17.3. The first kappa shape index (κ1) is 22.1. The van der Waals surface area contributed by atoms with E-state index < -0.39 is 17.3 Å². The van der Waals surface area contributed by atoms with Crippen LogP contribution < -0.4 is 15.5 Å². The van der Waals surface area contributed by atoms with Gasteiger partial charge in [-0.2, -0.15) is 0 Å². The Kier molecular flexibility index (Phi) is 7.44. The molecule has 1 N–H and O–H groups in total. The van der Waals surface area contributed by atoms with Crippen LogP contribution in [0.3, 0.4) is 0 Å². The summed E-state index contributed by atoms with van der Waals surface area (Å²) in [5.41, 5.74) is 0.461. The topological polar surface area (TPSA) is 126 Å². The summed E-state index contributed by atoms with van der Waals surface area (Å²) in [4.78, 5) is 35.9. The lowest BCUT2D eigenvalue weighted by Crippen LogP contribution is -2.22. The van der Waals surface area contributed by atoms with Crippen LogP contribution in [0.2, 0.25) is 0 Å². The SMILES string of the molecule is CCOC(=O)c1ccc(NC(=O)COc2coc(CSc3nncn3C)cc2=O)cc1. The number of anilines is 1. The molecule has 3 rings (SSSR count). The second kappa shape index (κ2) is 10.4. The fraction of sp³-hybridized carbons (Fsp3) is 0.250. The van der Waals surface area contributed by atoms with Crippen molar-refractivity contribution in [2.45, 2.75) is 17.8 Å². The standard InChI is InChI=1S/C20H20N4O6S/c1-3-28-19(27)13-4-6-14(7-5-13)22-18(26)10-30-17-9-29-15(8-16(17)25)11-31-20-23-21-12-24(20)2/h4-9,12H,3,10-11H2,1-2H3,(H,22,26). The molecule has 11 heteroatoms. The van der Waals surface area contributed by atoms with E-state index in [1.165, 1.54) is 24.1 Å². The summed E-state index contributed by atoms with van der Waals surface area (Å²) in [6, 6.07) is 7.54. The summed E-state index contributed by atoms with van der Waals surface area (Å²) in [7, 11) is 1.81. The Bertz CT molecular complexity index is 1110. The second-order valence-electron chi connectivity index (χ2n) is 6.22. The van der Waals surface area contributed by atoms with Crippen molar-refractivity contribution >= 4 is 29.3 Å². The van der Waals surface area contributed by atoms with Gasteiger partial charge in [0.05, 0.1) is 17.9 Å². The number of carbonyl (C=O) groups excluding carboxylic acids is 2. The van der Waals surface area contributed by atoms with Crippen molar-refractivity contribution in [1.82, 2.24) is 14.8 Å². The maximum atomic E-state index is 12.2. The summed E-state index contributed by atoms with van der Waals surface area (Å²) in [5, 5.41) is 11.0. The van der Waals surface area contributed by atoms with Crippen LogP contribution in [0.5, 0.6) is 5.75 Å². The van der Waals surface area contributed by atoms with Gasteiger partial charge in [-0.3, -0.25) is 9.59 Å². The lowest BCUT2D eigenvalue weighted by atomic mass is 10.2. The summed E-state index contributed by atoms with van der Waals surface area (Å²) in [6.45, 7) is 1.63. The van der Waals surface area contributed by atoms with Crippen LogP contribution in [0.15, 0.2) is 57.3 Å². The molecule has 0 unspecified atom stereocenters. The quantitative estimate of drug-likeness (QED) is 0.391. The number of benzene rings is 1. The molecule has 0 saturated heterocycles.